The van der Waals surface area contributed by atoms with E-state index in [4.69, 9.17) is 4.74 Å². The summed E-state index contributed by atoms with van der Waals surface area (Å²) in [7, 11) is 0. The number of nitrogens with zero attached hydrogens (tertiary/aromatic N) is 3. The van der Waals surface area contributed by atoms with Crippen molar-refractivity contribution >= 4 is 5.91 Å². The van der Waals surface area contributed by atoms with Crippen LogP contribution in [0.15, 0.2) is 18.6 Å². The third-order valence-corrected chi connectivity index (χ3v) is 3.15. The molecule has 0 saturated carbocycles. The van der Waals surface area contributed by atoms with Crippen LogP contribution in [0.4, 0.5) is 0 Å². The topological polar surface area (TPSA) is 55.3 Å². The fourth-order valence-corrected chi connectivity index (χ4v) is 2.21. The van der Waals surface area contributed by atoms with Gasteiger partial charge in [-0.05, 0) is 12.8 Å². The Hall–Kier alpha value is -1.65. The van der Waals surface area contributed by atoms with Crippen LogP contribution in [-0.2, 0) is 4.79 Å². The van der Waals surface area contributed by atoms with Crippen molar-refractivity contribution in [1.82, 2.24) is 14.9 Å². The van der Waals surface area contributed by atoms with Gasteiger partial charge in [0.1, 0.15) is 12.4 Å². The van der Waals surface area contributed by atoms with Crippen LogP contribution in [0.5, 0.6) is 5.88 Å². The summed E-state index contributed by atoms with van der Waals surface area (Å²) >= 11 is 0. The fraction of sp³-hybridized carbons (Fsp3) is 0.643. The van der Waals surface area contributed by atoms with Crippen molar-refractivity contribution < 1.29 is 9.53 Å². The van der Waals surface area contributed by atoms with Crippen LogP contribution >= 0.6 is 0 Å². The van der Waals surface area contributed by atoms with Crippen LogP contribution in [0.2, 0.25) is 0 Å². The number of amides is 1. The first-order chi connectivity index (χ1) is 8.97. The molecule has 1 aromatic rings. The zero-order chi connectivity index (χ0) is 13.9. The molecule has 0 bridgehead atoms. The SMILES string of the molecule is CC(C)(C)C(=O)N1CCCC(Oc2ccncn2)C1. The van der Waals surface area contributed by atoms with Crippen molar-refractivity contribution in [3.63, 3.8) is 0 Å². The molecule has 1 saturated heterocycles. The van der Waals surface area contributed by atoms with Gasteiger partial charge in [0.05, 0.1) is 6.54 Å². The summed E-state index contributed by atoms with van der Waals surface area (Å²) in [6.07, 6.45) is 5.07. The number of hydrogen-bond donors (Lipinski definition) is 0. The van der Waals surface area contributed by atoms with Gasteiger partial charge in [0.2, 0.25) is 11.8 Å². The van der Waals surface area contributed by atoms with Crippen LogP contribution in [-0.4, -0.2) is 40.0 Å². The van der Waals surface area contributed by atoms with E-state index in [1.807, 2.05) is 25.7 Å². The van der Waals surface area contributed by atoms with E-state index in [0.29, 0.717) is 12.4 Å². The van der Waals surface area contributed by atoms with E-state index in [1.165, 1.54) is 6.33 Å². The summed E-state index contributed by atoms with van der Waals surface area (Å²) in [5.41, 5.74) is -0.337. The minimum absolute atomic E-state index is 0.0231. The standard InChI is InChI=1S/C14H21N3O2/c1-14(2,3)13(18)17-8-4-5-11(9-17)19-12-6-7-15-10-16-12/h6-7,10-11H,4-5,8-9H2,1-3H3. The number of likely N-dealkylation sites (tertiary alicyclic amines) is 1. The van der Waals surface area contributed by atoms with Crippen molar-refractivity contribution in [2.24, 2.45) is 5.41 Å². The van der Waals surface area contributed by atoms with Gasteiger partial charge in [-0.1, -0.05) is 20.8 Å². The summed E-state index contributed by atoms with van der Waals surface area (Å²) in [6, 6.07) is 1.74. The molecule has 1 unspecified atom stereocenters. The Morgan fingerprint density at radius 2 is 2.26 bits per heavy atom. The highest BCUT2D eigenvalue weighted by atomic mass is 16.5. The monoisotopic (exact) mass is 263 g/mol. The van der Waals surface area contributed by atoms with Crippen LogP contribution in [0.25, 0.3) is 0 Å². The van der Waals surface area contributed by atoms with Crippen LogP contribution in [0.1, 0.15) is 33.6 Å². The molecule has 0 aliphatic carbocycles. The van der Waals surface area contributed by atoms with E-state index >= 15 is 0 Å². The summed E-state index contributed by atoms with van der Waals surface area (Å²) in [4.78, 5) is 22.1. The van der Waals surface area contributed by atoms with Gasteiger partial charge in [0.25, 0.3) is 0 Å². The maximum absolute atomic E-state index is 12.3. The molecule has 1 atom stereocenters. The van der Waals surface area contributed by atoms with E-state index in [0.717, 1.165) is 19.4 Å². The van der Waals surface area contributed by atoms with E-state index < -0.39 is 0 Å². The van der Waals surface area contributed by atoms with Gasteiger partial charge in [-0.15, -0.1) is 0 Å². The number of aromatic nitrogens is 2. The average molecular weight is 263 g/mol. The first-order valence-electron chi connectivity index (χ1n) is 6.69. The number of ether oxygens (including phenoxy) is 1. The second-order valence-corrected chi connectivity index (χ2v) is 5.93. The molecule has 1 fully saturated rings. The average Bonchev–Trinajstić information content (AvgIpc) is 2.38. The minimum Gasteiger partial charge on any atom is -0.472 e. The Morgan fingerprint density at radius 3 is 2.89 bits per heavy atom. The molecular formula is C14H21N3O2. The molecule has 0 radical (unpaired) electrons. The quantitative estimate of drug-likeness (QED) is 0.817. The largest absolute Gasteiger partial charge is 0.472 e. The Labute approximate surface area is 114 Å². The van der Waals surface area contributed by atoms with E-state index in [1.54, 1.807) is 12.3 Å². The molecule has 19 heavy (non-hydrogen) atoms. The molecule has 1 aliphatic rings. The number of carbonyl (C=O) groups excluding carboxylic acids is 1. The maximum Gasteiger partial charge on any atom is 0.228 e. The van der Waals surface area contributed by atoms with Crippen molar-refractivity contribution in [2.45, 2.75) is 39.7 Å². The lowest BCUT2D eigenvalue weighted by Crippen LogP contribution is -2.48. The molecule has 0 aromatic carbocycles. The van der Waals surface area contributed by atoms with Gasteiger partial charge in [0.15, 0.2) is 0 Å². The van der Waals surface area contributed by atoms with Crippen molar-refractivity contribution in [3.05, 3.63) is 18.6 Å². The lowest BCUT2D eigenvalue weighted by molar-refractivity contribution is -0.142. The lowest BCUT2D eigenvalue weighted by Gasteiger charge is -2.36. The second-order valence-electron chi connectivity index (χ2n) is 5.93. The first kappa shape index (κ1) is 13.8. The fourth-order valence-electron chi connectivity index (χ4n) is 2.21. The molecule has 0 spiro atoms. The summed E-state index contributed by atoms with van der Waals surface area (Å²) in [5.74, 6) is 0.758. The number of rotatable bonds is 2. The second kappa shape index (κ2) is 5.55. The lowest BCUT2D eigenvalue weighted by atomic mass is 9.93. The molecule has 104 valence electrons. The number of carbonyl (C=O) groups is 1. The van der Waals surface area contributed by atoms with Crippen molar-refractivity contribution in [3.8, 4) is 5.88 Å². The highest BCUT2D eigenvalue weighted by Gasteiger charge is 2.31. The predicted molar refractivity (Wildman–Crippen MR) is 71.7 cm³/mol. The van der Waals surface area contributed by atoms with Crippen molar-refractivity contribution in [2.75, 3.05) is 13.1 Å². The van der Waals surface area contributed by atoms with Gasteiger partial charge < -0.3 is 9.64 Å². The van der Waals surface area contributed by atoms with Crippen LogP contribution < -0.4 is 4.74 Å². The van der Waals surface area contributed by atoms with Crippen molar-refractivity contribution in [1.29, 1.82) is 0 Å². The van der Waals surface area contributed by atoms with Gasteiger partial charge >= 0.3 is 0 Å². The first-order valence-corrected chi connectivity index (χ1v) is 6.69. The van der Waals surface area contributed by atoms with E-state index in [2.05, 4.69) is 9.97 Å². The molecule has 5 nitrogen and oxygen atoms in total. The van der Waals surface area contributed by atoms with Gasteiger partial charge in [-0.3, -0.25) is 4.79 Å². The van der Waals surface area contributed by atoms with Gasteiger partial charge in [-0.2, -0.15) is 0 Å². The van der Waals surface area contributed by atoms with Crippen LogP contribution in [0, 0.1) is 5.41 Å². The summed E-state index contributed by atoms with van der Waals surface area (Å²) in [5, 5.41) is 0. The Bertz CT molecular complexity index is 428. The Morgan fingerprint density at radius 1 is 1.47 bits per heavy atom. The van der Waals surface area contributed by atoms with E-state index in [-0.39, 0.29) is 17.4 Å². The molecular weight excluding hydrogens is 242 g/mol. The maximum atomic E-state index is 12.3. The third-order valence-electron chi connectivity index (χ3n) is 3.15. The zero-order valence-corrected chi connectivity index (χ0v) is 11.8. The Balaban J connectivity index is 1.96. The molecule has 1 amide bonds. The highest BCUT2D eigenvalue weighted by Crippen LogP contribution is 2.22. The molecule has 2 heterocycles. The minimum atomic E-state index is -0.337. The van der Waals surface area contributed by atoms with E-state index in [9.17, 15) is 4.79 Å². The van der Waals surface area contributed by atoms with Gasteiger partial charge in [-0.25, -0.2) is 9.97 Å². The zero-order valence-electron chi connectivity index (χ0n) is 11.8. The predicted octanol–water partition coefficient (Wildman–Crippen LogP) is 1.89. The summed E-state index contributed by atoms with van der Waals surface area (Å²) in [6.45, 7) is 7.30. The van der Waals surface area contributed by atoms with Crippen LogP contribution in [0.3, 0.4) is 0 Å². The summed E-state index contributed by atoms with van der Waals surface area (Å²) < 4.78 is 5.80. The normalized spacial score (nSPS) is 20.2. The Kier molecular flexibility index (Phi) is 4.02. The molecule has 5 heteroatoms. The molecule has 2 rings (SSSR count). The molecule has 1 aliphatic heterocycles. The molecule has 1 aromatic heterocycles. The third kappa shape index (κ3) is 3.66. The smallest absolute Gasteiger partial charge is 0.228 e. The number of hydrogen-bond acceptors (Lipinski definition) is 4. The number of piperidine rings is 1. The highest BCUT2D eigenvalue weighted by molar-refractivity contribution is 5.81. The molecule has 0 N–H and O–H groups in total. The van der Waals surface area contributed by atoms with Gasteiger partial charge in [0, 0.05) is 24.2 Å².